The first-order valence-electron chi connectivity index (χ1n) is 3.84. The summed E-state index contributed by atoms with van der Waals surface area (Å²) in [5.74, 6) is -2.81. The molecule has 0 radical (unpaired) electrons. The molecule has 0 saturated heterocycles. The molecule has 14 heavy (non-hydrogen) atoms. The summed E-state index contributed by atoms with van der Waals surface area (Å²) in [5, 5.41) is 0. The zero-order valence-corrected chi connectivity index (χ0v) is 7.24. The summed E-state index contributed by atoms with van der Waals surface area (Å²) in [7, 11) is 0. The number of hydrogen-bond donors (Lipinski definition) is 2. The van der Waals surface area contributed by atoms with E-state index in [1.54, 1.807) is 6.07 Å². The van der Waals surface area contributed by atoms with Gasteiger partial charge in [0.1, 0.15) is 0 Å². The zero-order valence-electron chi connectivity index (χ0n) is 7.24. The van der Waals surface area contributed by atoms with Crippen LogP contribution in [-0.4, -0.2) is 11.8 Å². The molecule has 0 fully saturated rings. The highest BCUT2D eigenvalue weighted by Gasteiger charge is 2.45. The number of primary amides is 2. The second-order valence-corrected chi connectivity index (χ2v) is 2.75. The Balaban J connectivity index is 3.27. The molecule has 1 aromatic rings. The number of carbonyl (C=O) groups is 2. The van der Waals surface area contributed by atoms with Gasteiger partial charge in [-0.2, -0.15) is 0 Å². The largest absolute Gasteiger partial charge is 0.366 e. The summed E-state index contributed by atoms with van der Waals surface area (Å²) in [4.78, 5) is 21.6. The van der Waals surface area contributed by atoms with Crippen molar-refractivity contribution >= 4 is 11.8 Å². The number of hydrogen-bond acceptors (Lipinski definition) is 2. The van der Waals surface area contributed by atoms with Gasteiger partial charge in [0.2, 0.25) is 0 Å². The van der Waals surface area contributed by atoms with Gasteiger partial charge in [-0.25, -0.2) is 4.39 Å². The van der Waals surface area contributed by atoms with Gasteiger partial charge in [-0.15, -0.1) is 0 Å². The van der Waals surface area contributed by atoms with Gasteiger partial charge in [0.05, 0.1) is 0 Å². The molecule has 5 heteroatoms. The van der Waals surface area contributed by atoms with Crippen LogP contribution in [0.5, 0.6) is 0 Å². The van der Waals surface area contributed by atoms with E-state index in [0.29, 0.717) is 0 Å². The second-order valence-electron chi connectivity index (χ2n) is 2.75. The maximum absolute atomic E-state index is 13.8. The zero-order chi connectivity index (χ0) is 10.8. The third kappa shape index (κ3) is 1.44. The maximum atomic E-state index is 13.8. The van der Waals surface area contributed by atoms with E-state index in [1.807, 2.05) is 0 Å². The minimum atomic E-state index is -2.93. The minimum absolute atomic E-state index is 0.153. The van der Waals surface area contributed by atoms with Crippen molar-refractivity contribution in [2.75, 3.05) is 0 Å². The predicted octanol–water partition coefficient (Wildman–Crippen LogP) is -0.178. The number of amides is 2. The van der Waals surface area contributed by atoms with E-state index in [9.17, 15) is 14.0 Å². The number of rotatable bonds is 3. The van der Waals surface area contributed by atoms with Gasteiger partial charge in [-0.1, -0.05) is 30.3 Å². The smallest absolute Gasteiger partial charge is 0.290 e. The lowest BCUT2D eigenvalue weighted by Gasteiger charge is -2.17. The van der Waals surface area contributed by atoms with Crippen molar-refractivity contribution in [1.82, 2.24) is 0 Å². The molecule has 0 aromatic heterocycles. The van der Waals surface area contributed by atoms with Crippen LogP contribution in [0.2, 0.25) is 0 Å². The molecule has 1 rings (SSSR count). The fourth-order valence-electron chi connectivity index (χ4n) is 1.07. The van der Waals surface area contributed by atoms with Crippen LogP contribution < -0.4 is 11.5 Å². The molecule has 4 nitrogen and oxygen atoms in total. The number of benzene rings is 1. The van der Waals surface area contributed by atoms with Crippen LogP contribution in [0.3, 0.4) is 0 Å². The van der Waals surface area contributed by atoms with Crippen LogP contribution in [0.25, 0.3) is 0 Å². The van der Waals surface area contributed by atoms with Crippen molar-refractivity contribution in [2.24, 2.45) is 11.5 Å². The fraction of sp³-hybridized carbons (Fsp3) is 0.111. The highest BCUT2D eigenvalue weighted by Crippen LogP contribution is 2.24. The van der Waals surface area contributed by atoms with Crippen molar-refractivity contribution in [3.05, 3.63) is 35.9 Å². The lowest BCUT2D eigenvalue weighted by molar-refractivity contribution is -0.142. The Morgan fingerprint density at radius 1 is 1.07 bits per heavy atom. The molecule has 2 amide bonds. The van der Waals surface area contributed by atoms with Gasteiger partial charge in [-0.05, 0) is 0 Å². The van der Waals surface area contributed by atoms with Gasteiger partial charge in [-0.3, -0.25) is 9.59 Å². The molecule has 0 aliphatic heterocycles. The maximum Gasteiger partial charge on any atom is 0.290 e. The van der Waals surface area contributed by atoms with E-state index in [0.717, 1.165) is 0 Å². The lowest BCUT2D eigenvalue weighted by atomic mass is 9.94. The Hall–Kier alpha value is -1.91. The summed E-state index contributed by atoms with van der Waals surface area (Å²) >= 11 is 0. The molecule has 74 valence electrons. The molecule has 0 atom stereocenters. The van der Waals surface area contributed by atoms with Crippen molar-refractivity contribution in [1.29, 1.82) is 0 Å². The van der Waals surface area contributed by atoms with Crippen molar-refractivity contribution < 1.29 is 14.0 Å². The van der Waals surface area contributed by atoms with E-state index < -0.39 is 17.5 Å². The van der Waals surface area contributed by atoms with Crippen molar-refractivity contribution in [3.8, 4) is 0 Å². The Kier molecular flexibility index (Phi) is 2.51. The molecule has 0 bridgehead atoms. The second kappa shape index (κ2) is 3.45. The van der Waals surface area contributed by atoms with Crippen LogP contribution in [0.4, 0.5) is 4.39 Å². The molecule has 4 N–H and O–H groups in total. The number of carbonyl (C=O) groups excluding carboxylic acids is 2. The van der Waals surface area contributed by atoms with E-state index in [4.69, 9.17) is 11.5 Å². The summed E-state index contributed by atoms with van der Waals surface area (Å²) in [5.41, 5.74) is 6.50. The molecule has 0 aliphatic carbocycles. The molecule has 0 unspecified atom stereocenters. The van der Waals surface area contributed by atoms with Crippen LogP contribution >= 0.6 is 0 Å². The summed E-state index contributed by atoms with van der Waals surface area (Å²) < 4.78 is 13.8. The molecule has 0 aliphatic rings. The monoisotopic (exact) mass is 196 g/mol. The highest BCUT2D eigenvalue weighted by atomic mass is 19.1. The third-order valence-corrected chi connectivity index (χ3v) is 1.85. The summed E-state index contributed by atoms with van der Waals surface area (Å²) in [6.07, 6.45) is 0. The fourth-order valence-corrected chi connectivity index (χ4v) is 1.07. The third-order valence-electron chi connectivity index (χ3n) is 1.85. The first-order chi connectivity index (χ1) is 6.49. The average Bonchev–Trinajstić information content (AvgIpc) is 2.17. The Labute approximate surface area is 79.7 Å². The quantitative estimate of drug-likeness (QED) is 0.657. The molecule has 1 aromatic carbocycles. The van der Waals surface area contributed by atoms with Crippen molar-refractivity contribution in [3.63, 3.8) is 0 Å². The molecular weight excluding hydrogens is 187 g/mol. The summed E-state index contributed by atoms with van der Waals surface area (Å²) in [6, 6.07) is 7.13. The topological polar surface area (TPSA) is 86.2 Å². The SMILES string of the molecule is NC(=O)C(F)(C(N)=O)c1ccccc1. The minimum Gasteiger partial charge on any atom is -0.366 e. The molecule has 0 heterocycles. The van der Waals surface area contributed by atoms with Crippen LogP contribution in [0.1, 0.15) is 5.56 Å². The Bertz CT molecular complexity index is 350. The van der Waals surface area contributed by atoms with Gasteiger partial charge >= 0.3 is 0 Å². The number of nitrogens with two attached hydrogens (primary N) is 2. The van der Waals surface area contributed by atoms with Crippen molar-refractivity contribution in [2.45, 2.75) is 5.67 Å². The van der Waals surface area contributed by atoms with Gasteiger partial charge in [0.25, 0.3) is 17.5 Å². The molecular formula is C9H9FN2O2. The molecule has 0 saturated carbocycles. The first kappa shape index (κ1) is 10.2. The van der Waals surface area contributed by atoms with Gasteiger partial charge < -0.3 is 11.5 Å². The number of halogens is 1. The van der Waals surface area contributed by atoms with Crippen LogP contribution in [-0.2, 0) is 15.3 Å². The van der Waals surface area contributed by atoms with E-state index in [-0.39, 0.29) is 5.56 Å². The molecule has 0 spiro atoms. The predicted molar refractivity (Wildman–Crippen MR) is 47.6 cm³/mol. The number of alkyl halides is 1. The van der Waals surface area contributed by atoms with Gasteiger partial charge in [0.15, 0.2) is 0 Å². The normalized spacial score (nSPS) is 10.9. The van der Waals surface area contributed by atoms with Crippen LogP contribution in [0.15, 0.2) is 30.3 Å². The Morgan fingerprint density at radius 3 is 1.86 bits per heavy atom. The van der Waals surface area contributed by atoms with Gasteiger partial charge in [0, 0.05) is 5.56 Å². The van der Waals surface area contributed by atoms with Crippen LogP contribution in [0, 0.1) is 0 Å². The standard InChI is InChI=1S/C9H9FN2O2/c10-9(7(11)13,8(12)14)6-4-2-1-3-5-6/h1-5H,(H2,11,13)(H2,12,14). The lowest BCUT2D eigenvalue weighted by Crippen LogP contribution is -2.47. The Morgan fingerprint density at radius 2 is 1.50 bits per heavy atom. The summed E-state index contributed by atoms with van der Waals surface area (Å²) in [6.45, 7) is 0. The first-order valence-corrected chi connectivity index (χ1v) is 3.84. The van der Waals surface area contributed by atoms with E-state index >= 15 is 0 Å². The highest BCUT2D eigenvalue weighted by molar-refractivity contribution is 6.07. The van der Waals surface area contributed by atoms with E-state index in [1.165, 1.54) is 24.3 Å². The average molecular weight is 196 g/mol. The van der Waals surface area contributed by atoms with E-state index in [2.05, 4.69) is 0 Å².